The van der Waals surface area contributed by atoms with E-state index in [1.807, 2.05) is 36.4 Å². The quantitative estimate of drug-likeness (QED) is 0.105. The Morgan fingerprint density at radius 2 is 1.45 bits per heavy atom. The second-order valence-corrected chi connectivity index (χ2v) is 17.5. The molecule has 270 valence electrons. The summed E-state index contributed by atoms with van der Waals surface area (Å²) >= 11 is 0. The van der Waals surface area contributed by atoms with E-state index >= 15 is 0 Å². The van der Waals surface area contributed by atoms with Gasteiger partial charge in [-0.25, -0.2) is 0 Å². The molecule has 0 fully saturated rings. The first-order valence-corrected chi connectivity index (χ1v) is 20.3. The zero-order valence-electron chi connectivity index (χ0n) is 30.2. The summed E-state index contributed by atoms with van der Waals surface area (Å²) in [6.07, 6.45) is 16.3. The highest BCUT2D eigenvalue weighted by Gasteiger charge is 2.44. The highest BCUT2D eigenvalue weighted by molar-refractivity contribution is 7.86. The van der Waals surface area contributed by atoms with E-state index in [1.165, 1.54) is 0 Å². The molecule has 0 aliphatic carbocycles. The van der Waals surface area contributed by atoms with E-state index in [0.717, 1.165) is 56.2 Å². The first-order valence-electron chi connectivity index (χ1n) is 17.1. The Kier molecular flexibility index (Phi) is 11.1. The number of aryl methyl sites for hydroxylation is 2. The number of hydrogen-bond acceptors (Lipinski definition) is 6. The van der Waals surface area contributed by atoms with Gasteiger partial charge in [0.25, 0.3) is 20.2 Å². The number of benzene rings is 2. The Bertz CT molecular complexity index is 2180. The third kappa shape index (κ3) is 8.84. The van der Waals surface area contributed by atoms with Gasteiger partial charge in [-0.1, -0.05) is 67.5 Å². The topological polar surface area (TPSA) is 128 Å². The van der Waals surface area contributed by atoms with E-state index in [4.69, 9.17) is 0 Å². The highest BCUT2D eigenvalue weighted by atomic mass is 32.2. The summed E-state index contributed by atoms with van der Waals surface area (Å²) in [7, 11) is -8.15. The lowest BCUT2D eigenvalue weighted by molar-refractivity contribution is -0.437. The van der Waals surface area contributed by atoms with Crippen molar-refractivity contribution in [1.29, 1.82) is 0 Å². The van der Waals surface area contributed by atoms with Crippen LogP contribution in [0.25, 0.3) is 5.57 Å². The third-order valence-electron chi connectivity index (χ3n) is 9.74. The van der Waals surface area contributed by atoms with Gasteiger partial charge in [-0.05, 0) is 81.2 Å². The molecule has 0 amide bonds. The monoisotopic (exact) mass is 730 g/mol. The van der Waals surface area contributed by atoms with Crippen molar-refractivity contribution in [1.82, 2.24) is 4.98 Å². The molecule has 0 spiro atoms. The summed E-state index contributed by atoms with van der Waals surface area (Å²) in [5, 5.41) is 0. The minimum atomic E-state index is -4.08. The fourth-order valence-electron chi connectivity index (χ4n) is 7.15. The summed E-state index contributed by atoms with van der Waals surface area (Å²) < 4.78 is 67.0. The summed E-state index contributed by atoms with van der Waals surface area (Å²) in [4.78, 5) is 6.35. The van der Waals surface area contributed by atoms with Gasteiger partial charge < -0.3 is 4.90 Å². The first kappa shape index (κ1) is 38.1. The molecular formula is C40H48N3O6S2+. The van der Waals surface area contributed by atoms with Crippen LogP contribution in [0.2, 0.25) is 0 Å². The van der Waals surface area contributed by atoms with E-state index in [0.29, 0.717) is 13.1 Å². The molecule has 11 heteroatoms. The van der Waals surface area contributed by atoms with Gasteiger partial charge in [0.05, 0.1) is 16.9 Å². The van der Waals surface area contributed by atoms with Crippen molar-refractivity contribution in [2.75, 3.05) is 29.5 Å². The van der Waals surface area contributed by atoms with Gasteiger partial charge in [0, 0.05) is 59.9 Å². The smallest absolute Gasteiger partial charge is 0.265 e. The SMILES string of the molecule is Cc1ccc2c(c1)C(C)(C)C(=CC=CC(=CC=CC1=[N+](CCCS(=O)(=O)O)c3ccc(C)cc3C1(C)C)c1ccncc1)N2CCCS(=O)(=O)O. The fourth-order valence-corrected chi connectivity index (χ4v) is 8.14. The van der Waals surface area contributed by atoms with Crippen LogP contribution in [0, 0.1) is 13.8 Å². The van der Waals surface area contributed by atoms with Gasteiger partial charge >= 0.3 is 0 Å². The lowest BCUT2D eigenvalue weighted by atomic mass is 9.81. The predicted molar refractivity (Wildman–Crippen MR) is 206 cm³/mol. The molecular weight excluding hydrogens is 683 g/mol. The van der Waals surface area contributed by atoms with Crippen LogP contribution in [0.1, 0.15) is 68.4 Å². The van der Waals surface area contributed by atoms with E-state index in [9.17, 15) is 25.9 Å². The number of aromatic nitrogens is 1. The highest BCUT2D eigenvalue weighted by Crippen LogP contribution is 2.48. The van der Waals surface area contributed by atoms with Crippen molar-refractivity contribution in [3.63, 3.8) is 0 Å². The second kappa shape index (κ2) is 14.8. The van der Waals surface area contributed by atoms with Crippen molar-refractivity contribution >= 4 is 42.9 Å². The van der Waals surface area contributed by atoms with E-state index in [2.05, 4.69) is 105 Å². The Balaban J connectivity index is 1.51. The minimum Gasteiger partial charge on any atom is -0.344 e. The normalized spacial score (nSPS) is 18.0. The van der Waals surface area contributed by atoms with Crippen LogP contribution in [-0.2, 0) is 31.1 Å². The molecule has 3 heterocycles. The van der Waals surface area contributed by atoms with Crippen LogP contribution in [0.5, 0.6) is 0 Å². The minimum absolute atomic E-state index is 0.279. The van der Waals surface area contributed by atoms with Crippen LogP contribution in [-0.4, -0.2) is 65.8 Å². The Hall–Kier alpha value is -4.16. The van der Waals surface area contributed by atoms with Gasteiger partial charge in [0.2, 0.25) is 5.69 Å². The molecule has 2 aliphatic rings. The molecule has 0 saturated heterocycles. The van der Waals surface area contributed by atoms with Crippen LogP contribution in [0.3, 0.4) is 0 Å². The Labute approximate surface area is 303 Å². The number of nitrogens with zero attached hydrogens (tertiary/aromatic N) is 3. The molecule has 0 unspecified atom stereocenters. The lowest BCUT2D eigenvalue weighted by Crippen LogP contribution is -2.28. The first-order chi connectivity index (χ1) is 23.9. The molecule has 2 N–H and O–H groups in total. The number of pyridine rings is 1. The Morgan fingerprint density at radius 1 is 0.824 bits per heavy atom. The molecule has 5 rings (SSSR count). The molecule has 0 atom stereocenters. The number of rotatable bonds is 13. The zero-order valence-corrected chi connectivity index (χ0v) is 31.8. The number of hydrogen-bond donors (Lipinski definition) is 2. The van der Waals surface area contributed by atoms with Crippen molar-refractivity contribution in [2.45, 2.75) is 65.2 Å². The lowest BCUT2D eigenvalue weighted by Gasteiger charge is -2.27. The molecule has 3 aromatic rings. The maximum Gasteiger partial charge on any atom is 0.265 e. The Morgan fingerprint density at radius 3 is 2.12 bits per heavy atom. The van der Waals surface area contributed by atoms with Gasteiger partial charge in [-0.3, -0.25) is 14.1 Å². The summed E-state index contributed by atoms with van der Waals surface area (Å²) in [5.41, 5.74) is 9.94. The van der Waals surface area contributed by atoms with Gasteiger partial charge in [0.15, 0.2) is 5.71 Å². The van der Waals surface area contributed by atoms with Crippen molar-refractivity contribution in [3.8, 4) is 0 Å². The van der Waals surface area contributed by atoms with Crippen molar-refractivity contribution < 1.29 is 30.5 Å². The maximum absolute atomic E-state index is 11.5. The van der Waals surface area contributed by atoms with Crippen molar-refractivity contribution in [3.05, 3.63) is 131 Å². The van der Waals surface area contributed by atoms with Crippen LogP contribution in [0.15, 0.2) is 103 Å². The fraction of sp³-hybridized carbons (Fsp3) is 0.350. The van der Waals surface area contributed by atoms with Crippen LogP contribution in [0.4, 0.5) is 11.4 Å². The molecule has 2 aromatic carbocycles. The largest absolute Gasteiger partial charge is 0.344 e. The average molecular weight is 731 g/mol. The van der Waals surface area contributed by atoms with Gasteiger partial charge in [0.1, 0.15) is 6.54 Å². The van der Waals surface area contributed by atoms with Gasteiger partial charge in [-0.15, -0.1) is 0 Å². The number of fused-ring (bicyclic) bond motifs is 2. The molecule has 0 bridgehead atoms. The standard InChI is InChI=1S/C40H47N3O6S2/c1-29-15-17-35-33(27-29)39(3,4)37(42(35)23-9-25-50(44,45)46)13-7-11-31(32-19-21-41-22-20-32)12-8-14-38-40(5,6)34-28-30(2)16-18-36(34)43(38)24-10-26-51(47,48)49/h7-8,11-22,27-28H,9-10,23-26H2,1-6H3,(H-,44,45,46,47,48,49)/p+1. The molecule has 0 radical (unpaired) electrons. The zero-order chi connectivity index (χ0) is 37.2. The molecule has 1 aromatic heterocycles. The van der Waals surface area contributed by atoms with E-state index in [1.54, 1.807) is 12.4 Å². The number of allylic oxidation sites excluding steroid dienone is 8. The van der Waals surface area contributed by atoms with Crippen LogP contribution >= 0.6 is 0 Å². The average Bonchev–Trinajstić information content (AvgIpc) is 3.37. The molecule has 9 nitrogen and oxygen atoms in total. The predicted octanol–water partition coefficient (Wildman–Crippen LogP) is 7.51. The summed E-state index contributed by atoms with van der Waals surface area (Å²) in [6.45, 7) is 13.6. The molecule has 0 saturated carbocycles. The number of anilines is 1. The second-order valence-electron chi connectivity index (χ2n) is 14.4. The third-order valence-corrected chi connectivity index (χ3v) is 11.3. The molecule has 51 heavy (non-hydrogen) atoms. The summed E-state index contributed by atoms with van der Waals surface area (Å²) in [5.74, 6) is -0.623. The maximum atomic E-state index is 11.5. The van der Waals surface area contributed by atoms with Crippen LogP contribution < -0.4 is 4.90 Å². The van der Waals surface area contributed by atoms with E-state index in [-0.39, 0.29) is 35.2 Å². The molecule has 2 aliphatic heterocycles. The van der Waals surface area contributed by atoms with Crippen molar-refractivity contribution in [2.24, 2.45) is 0 Å². The van der Waals surface area contributed by atoms with Gasteiger partial charge in [-0.2, -0.15) is 21.4 Å². The summed E-state index contributed by atoms with van der Waals surface area (Å²) in [6, 6.07) is 16.5. The van der Waals surface area contributed by atoms with E-state index < -0.39 is 20.2 Å².